The minimum atomic E-state index is -0.720. The molecule has 0 heterocycles. The Bertz CT molecular complexity index is 406. The average Bonchev–Trinajstić information content (AvgIpc) is 2.29. The lowest BCUT2D eigenvalue weighted by molar-refractivity contribution is 0.182. The van der Waals surface area contributed by atoms with Crippen molar-refractivity contribution in [2.24, 2.45) is 5.41 Å². The fourth-order valence-electron chi connectivity index (χ4n) is 1.33. The highest BCUT2D eigenvalue weighted by molar-refractivity contribution is 9.10. The third kappa shape index (κ3) is 2.68. The van der Waals surface area contributed by atoms with E-state index < -0.39 is 17.0 Å². The molecule has 0 saturated carbocycles. The van der Waals surface area contributed by atoms with Crippen LogP contribution in [0.1, 0.15) is 12.5 Å². The number of hydrogen-bond acceptors (Lipinski definition) is 1. The second-order valence-corrected chi connectivity index (χ2v) is 4.87. The highest BCUT2D eigenvalue weighted by Crippen LogP contribution is 2.29. The lowest BCUT2D eigenvalue weighted by atomic mass is 9.84. The van der Waals surface area contributed by atoms with Crippen LogP contribution in [0.4, 0.5) is 8.78 Å². The van der Waals surface area contributed by atoms with Crippen LogP contribution < -0.4 is 0 Å². The molecule has 0 fully saturated rings. The Morgan fingerprint density at radius 1 is 1.50 bits per heavy atom. The van der Waals surface area contributed by atoms with Gasteiger partial charge in [-0.05, 0) is 34.5 Å². The van der Waals surface area contributed by atoms with Crippen molar-refractivity contribution in [3.05, 3.63) is 46.5 Å². The highest BCUT2D eigenvalue weighted by atomic mass is 79.9. The van der Waals surface area contributed by atoms with Gasteiger partial charge in [-0.3, -0.25) is 0 Å². The number of aliphatic hydroxyl groups excluding tert-OH is 1. The molecule has 1 atom stereocenters. The molecule has 0 aliphatic heterocycles. The van der Waals surface area contributed by atoms with Crippen LogP contribution in [0, 0.1) is 17.0 Å². The Hall–Kier alpha value is -0.740. The van der Waals surface area contributed by atoms with Crippen LogP contribution in [0.25, 0.3) is 0 Å². The van der Waals surface area contributed by atoms with Gasteiger partial charge in [0, 0.05) is 11.0 Å². The van der Waals surface area contributed by atoms with E-state index in [0.29, 0.717) is 0 Å². The largest absolute Gasteiger partial charge is 0.395 e. The van der Waals surface area contributed by atoms with Gasteiger partial charge in [0.25, 0.3) is 0 Å². The molecule has 1 aromatic rings. The van der Waals surface area contributed by atoms with Crippen LogP contribution in [0.15, 0.2) is 29.3 Å². The number of benzene rings is 1. The van der Waals surface area contributed by atoms with Crippen LogP contribution in [0.3, 0.4) is 0 Å². The van der Waals surface area contributed by atoms with Gasteiger partial charge >= 0.3 is 0 Å². The zero-order valence-electron chi connectivity index (χ0n) is 8.93. The van der Waals surface area contributed by atoms with Crippen molar-refractivity contribution in [1.29, 1.82) is 0 Å². The van der Waals surface area contributed by atoms with Crippen molar-refractivity contribution in [3.8, 4) is 0 Å². The topological polar surface area (TPSA) is 20.2 Å². The van der Waals surface area contributed by atoms with E-state index in [1.54, 1.807) is 6.92 Å². The van der Waals surface area contributed by atoms with Gasteiger partial charge in [-0.1, -0.05) is 13.0 Å². The van der Waals surface area contributed by atoms with Crippen molar-refractivity contribution in [2.45, 2.75) is 13.3 Å². The van der Waals surface area contributed by atoms with Crippen LogP contribution in [-0.2, 0) is 6.42 Å². The molecule has 0 amide bonds. The van der Waals surface area contributed by atoms with E-state index in [2.05, 4.69) is 22.5 Å². The fraction of sp³-hybridized carbons (Fsp3) is 0.333. The maximum absolute atomic E-state index is 13.7. The summed E-state index contributed by atoms with van der Waals surface area (Å²) in [7, 11) is 0. The van der Waals surface area contributed by atoms with Crippen molar-refractivity contribution in [1.82, 2.24) is 0 Å². The quantitative estimate of drug-likeness (QED) is 0.665. The molecule has 1 aromatic carbocycles. The van der Waals surface area contributed by atoms with Crippen molar-refractivity contribution in [3.63, 3.8) is 0 Å². The first-order valence-corrected chi connectivity index (χ1v) is 5.59. The van der Waals surface area contributed by atoms with E-state index in [-0.39, 0.29) is 23.1 Å². The summed E-state index contributed by atoms with van der Waals surface area (Å²) < 4.78 is 27.3. The minimum absolute atomic E-state index is 0.0363. The molecule has 0 spiro atoms. The van der Waals surface area contributed by atoms with E-state index in [4.69, 9.17) is 5.11 Å². The molecule has 0 bridgehead atoms. The molecule has 4 heteroatoms. The van der Waals surface area contributed by atoms with Gasteiger partial charge in [0.15, 0.2) is 0 Å². The summed E-state index contributed by atoms with van der Waals surface area (Å²) in [6.07, 6.45) is 1.58. The van der Waals surface area contributed by atoms with Crippen molar-refractivity contribution < 1.29 is 13.9 Å². The molecule has 0 aromatic heterocycles. The molecule has 1 nitrogen and oxygen atoms in total. The van der Waals surface area contributed by atoms with Gasteiger partial charge in [-0.2, -0.15) is 0 Å². The van der Waals surface area contributed by atoms with Crippen LogP contribution >= 0.6 is 15.9 Å². The van der Waals surface area contributed by atoms with Crippen LogP contribution in [0.5, 0.6) is 0 Å². The Morgan fingerprint density at radius 2 is 2.12 bits per heavy atom. The number of halogens is 3. The van der Waals surface area contributed by atoms with E-state index in [1.165, 1.54) is 18.2 Å². The second kappa shape index (κ2) is 5.06. The van der Waals surface area contributed by atoms with Crippen molar-refractivity contribution >= 4 is 15.9 Å². The lowest BCUT2D eigenvalue weighted by Crippen LogP contribution is -2.22. The van der Waals surface area contributed by atoms with Gasteiger partial charge in [-0.15, -0.1) is 6.58 Å². The molecule has 0 saturated heterocycles. The molecule has 0 aliphatic rings. The third-order valence-corrected chi connectivity index (χ3v) is 3.19. The summed E-state index contributed by atoms with van der Waals surface area (Å²) in [6, 6.07) is 2.52. The van der Waals surface area contributed by atoms with Crippen LogP contribution in [0.2, 0.25) is 0 Å². The van der Waals surface area contributed by atoms with E-state index >= 15 is 0 Å². The lowest BCUT2D eigenvalue weighted by Gasteiger charge is -2.23. The summed E-state index contributed by atoms with van der Waals surface area (Å²) in [5.41, 5.74) is -0.756. The van der Waals surface area contributed by atoms with E-state index in [1.807, 2.05) is 0 Å². The van der Waals surface area contributed by atoms with Gasteiger partial charge < -0.3 is 5.11 Å². The summed E-state index contributed by atoms with van der Waals surface area (Å²) in [4.78, 5) is 0. The number of rotatable bonds is 4. The summed E-state index contributed by atoms with van der Waals surface area (Å²) in [5.74, 6) is -1.23. The molecule has 0 radical (unpaired) electrons. The fourth-order valence-corrected chi connectivity index (χ4v) is 1.70. The first-order chi connectivity index (χ1) is 7.43. The first kappa shape index (κ1) is 13.3. The van der Waals surface area contributed by atoms with Gasteiger partial charge in [-0.25, -0.2) is 8.78 Å². The highest BCUT2D eigenvalue weighted by Gasteiger charge is 2.24. The minimum Gasteiger partial charge on any atom is -0.395 e. The predicted molar refractivity (Wildman–Crippen MR) is 63.2 cm³/mol. The molecule has 0 aliphatic carbocycles. The smallest absolute Gasteiger partial charge is 0.143 e. The Labute approximate surface area is 102 Å². The molecule has 1 unspecified atom stereocenters. The Morgan fingerprint density at radius 3 is 2.62 bits per heavy atom. The van der Waals surface area contributed by atoms with E-state index in [9.17, 15) is 8.78 Å². The Kier molecular flexibility index (Phi) is 4.21. The molecule has 88 valence electrons. The van der Waals surface area contributed by atoms with E-state index in [0.717, 1.165) is 0 Å². The molecular weight excluding hydrogens is 278 g/mol. The maximum Gasteiger partial charge on any atom is 0.143 e. The number of aliphatic hydroxyl groups is 1. The second-order valence-electron chi connectivity index (χ2n) is 4.01. The zero-order chi connectivity index (χ0) is 12.3. The van der Waals surface area contributed by atoms with Gasteiger partial charge in [0.05, 0.1) is 11.1 Å². The molecular formula is C12H13BrF2O. The molecule has 1 N–H and O–H groups in total. The van der Waals surface area contributed by atoms with Gasteiger partial charge in [0.1, 0.15) is 11.6 Å². The first-order valence-electron chi connectivity index (χ1n) is 4.80. The Balaban J connectivity index is 3.14. The standard InChI is InChI=1S/C12H13BrF2O/c1-3-12(2,7-16)6-8-10(14)5-4-9(13)11(8)15/h3-5,16H,1,6-7H2,2H3. The van der Waals surface area contributed by atoms with Crippen LogP contribution in [-0.4, -0.2) is 11.7 Å². The maximum atomic E-state index is 13.7. The third-order valence-electron chi connectivity index (χ3n) is 2.57. The summed E-state index contributed by atoms with van der Waals surface area (Å²) in [5, 5.41) is 9.17. The van der Waals surface area contributed by atoms with Gasteiger partial charge in [0.2, 0.25) is 0 Å². The molecule has 1 rings (SSSR count). The summed E-state index contributed by atoms with van der Waals surface area (Å²) >= 11 is 3.00. The SMILES string of the molecule is C=CC(C)(CO)Cc1c(F)ccc(Br)c1F. The monoisotopic (exact) mass is 290 g/mol. The normalized spacial score (nSPS) is 14.6. The summed E-state index contributed by atoms with van der Waals surface area (Å²) in [6.45, 7) is 5.05. The average molecular weight is 291 g/mol. The number of hydrogen-bond donors (Lipinski definition) is 1. The zero-order valence-corrected chi connectivity index (χ0v) is 10.5. The van der Waals surface area contributed by atoms with Crippen molar-refractivity contribution in [2.75, 3.05) is 6.61 Å². The predicted octanol–water partition coefficient (Wildman–Crippen LogP) is 3.45. The molecule has 16 heavy (non-hydrogen) atoms.